The minimum absolute atomic E-state index is 0. The normalized spacial score (nSPS) is 13.2. The zero-order chi connectivity index (χ0) is 18.2. The average Bonchev–Trinajstić information content (AvgIpc) is 2.72. The van der Waals surface area contributed by atoms with E-state index in [1.807, 2.05) is 35.2 Å². The van der Waals surface area contributed by atoms with Crippen LogP contribution >= 0.6 is 24.8 Å². The number of amides is 1. The van der Waals surface area contributed by atoms with E-state index < -0.39 is 0 Å². The Hall–Kier alpha value is -1.75. The Kier molecular flexibility index (Phi) is 11.0. The maximum atomic E-state index is 12.9. The number of nitrogens with two attached hydrogens (primary N) is 1. The molecule has 1 fully saturated rings. The maximum Gasteiger partial charge on any atom is 0.253 e. The van der Waals surface area contributed by atoms with Gasteiger partial charge in [-0.05, 0) is 55.5 Å². The van der Waals surface area contributed by atoms with E-state index in [-0.39, 0.29) is 30.7 Å². The number of rotatable bonds is 7. The van der Waals surface area contributed by atoms with Crippen molar-refractivity contribution < 1.29 is 4.79 Å². The van der Waals surface area contributed by atoms with Crippen LogP contribution in [0.2, 0.25) is 0 Å². The van der Waals surface area contributed by atoms with Gasteiger partial charge in [0.2, 0.25) is 0 Å². The predicted molar refractivity (Wildman–Crippen MR) is 122 cm³/mol. The van der Waals surface area contributed by atoms with E-state index in [4.69, 9.17) is 5.73 Å². The number of hydrogen-bond acceptors (Lipinski definition) is 3. The molecule has 1 heterocycles. The second-order valence-electron chi connectivity index (χ2n) is 6.91. The molecule has 4 nitrogen and oxygen atoms in total. The van der Waals surface area contributed by atoms with Crippen molar-refractivity contribution in [3.8, 4) is 0 Å². The van der Waals surface area contributed by atoms with Gasteiger partial charge in [-0.15, -0.1) is 24.8 Å². The maximum absolute atomic E-state index is 12.9. The summed E-state index contributed by atoms with van der Waals surface area (Å²) < 4.78 is 0. The Morgan fingerprint density at radius 2 is 1.54 bits per heavy atom. The van der Waals surface area contributed by atoms with Crippen LogP contribution in [0.1, 0.15) is 35.2 Å². The monoisotopic (exact) mass is 423 g/mol. The van der Waals surface area contributed by atoms with Crippen LogP contribution in [0, 0.1) is 0 Å². The van der Waals surface area contributed by atoms with Gasteiger partial charge in [-0.2, -0.15) is 0 Å². The first kappa shape index (κ1) is 24.3. The molecule has 0 aromatic heterocycles. The van der Waals surface area contributed by atoms with Crippen molar-refractivity contribution in [3.05, 3.63) is 65.7 Å². The first-order chi connectivity index (χ1) is 12.8. The van der Waals surface area contributed by atoms with Crippen molar-refractivity contribution in [1.82, 2.24) is 4.90 Å². The second kappa shape index (κ2) is 12.7. The lowest BCUT2D eigenvalue weighted by atomic mass is 10.1. The molecule has 1 aliphatic heterocycles. The molecule has 2 aromatic rings. The largest absolute Gasteiger partial charge is 0.372 e. The van der Waals surface area contributed by atoms with Gasteiger partial charge in [-0.1, -0.05) is 30.3 Å². The third-order valence-electron chi connectivity index (χ3n) is 5.03. The Balaban J connectivity index is 0.00000196. The van der Waals surface area contributed by atoms with Gasteiger partial charge in [0.25, 0.3) is 5.91 Å². The van der Waals surface area contributed by atoms with Crippen LogP contribution in [0.5, 0.6) is 0 Å². The second-order valence-corrected chi connectivity index (χ2v) is 6.91. The van der Waals surface area contributed by atoms with Crippen molar-refractivity contribution in [2.45, 2.75) is 25.7 Å². The van der Waals surface area contributed by atoms with Crippen LogP contribution in [0.4, 0.5) is 5.69 Å². The molecule has 0 atom stereocenters. The molecule has 0 bridgehead atoms. The van der Waals surface area contributed by atoms with Gasteiger partial charge in [-0.3, -0.25) is 4.79 Å². The van der Waals surface area contributed by atoms with Gasteiger partial charge in [0.15, 0.2) is 0 Å². The van der Waals surface area contributed by atoms with Crippen molar-refractivity contribution in [2.24, 2.45) is 5.73 Å². The molecule has 0 radical (unpaired) electrons. The molecule has 0 saturated carbocycles. The number of benzene rings is 2. The van der Waals surface area contributed by atoms with Gasteiger partial charge in [0.1, 0.15) is 0 Å². The Labute approximate surface area is 180 Å². The first-order valence-corrected chi connectivity index (χ1v) is 9.66. The average molecular weight is 424 g/mol. The zero-order valence-corrected chi connectivity index (χ0v) is 17.9. The Bertz CT molecular complexity index is 689. The van der Waals surface area contributed by atoms with Gasteiger partial charge >= 0.3 is 0 Å². The third kappa shape index (κ3) is 6.69. The highest BCUT2D eigenvalue weighted by molar-refractivity contribution is 5.94. The van der Waals surface area contributed by atoms with Crippen LogP contribution < -0.4 is 10.6 Å². The summed E-state index contributed by atoms with van der Waals surface area (Å²) in [6.45, 7) is 3.98. The van der Waals surface area contributed by atoms with Gasteiger partial charge in [0.05, 0.1) is 0 Å². The van der Waals surface area contributed by atoms with Crippen LogP contribution in [0.3, 0.4) is 0 Å². The fourth-order valence-electron chi connectivity index (χ4n) is 3.53. The lowest BCUT2D eigenvalue weighted by Gasteiger charge is -2.29. The lowest BCUT2D eigenvalue weighted by molar-refractivity contribution is 0.0762. The van der Waals surface area contributed by atoms with E-state index in [9.17, 15) is 4.79 Å². The SMILES string of the molecule is Cl.Cl.NCCN(CCc1ccccc1)C(=O)c1ccc(N2CCCCC2)cc1. The smallest absolute Gasteiger partial charge is 0.253 e. The third-order valence-corrected chi connectivity index (χ3v) is 5.03. The van der Waals surface area contributed by atoms with Crippen molar-refractivity contribution in [3.63, 3.8) is 0 Å². The molecule has 154 valence electrons. The Morgan fingerprint density at radius 1 is 0.893 bits per heavy atom. The summed E-state index contributed by atoms with van der Waals surface area (Å²) in [4.78, 5) is 17.2. The summed E-state index contributed by atoms with van der Waals surface area (Å²) in [7, 11) is 0. The minimum atomic E-state index is 0. The summed E-state index contributed by atoms with van der Waals surface area (Å²) in [5.74, 6) is 0.0663. The molecule has 0 aliphatic carbocycles. The van der Waals surface area contributed by atoms with Gasteiger partial charge in [0, 0.05) is 44.0 Å². The summed E-state index contributed by atoms with van der Waals surface area (Å²) >= 11 is 0. The van der Waals surface area contributed by atoms with E-state index in [1.165, 1.54) is 30.5 Å². The fraction of sp³-hybridized carbons (Fsp3) is 0.409. The van der Waals surface area contributed by atoms with E-state index in [1.54, 1.807) is 0 Å². The molecule has 0 spiro atoms. The highest BCUT2D eigenvalue weighted by Gasteiger charge is 2.16. The van der Waals surface area contributed by atoms with E-state index >= 15 is 0 Å². The fourth-order valence-corrected chi connectivity index (χ4v) is 3.53. The Morgan fingerprint density at radius 3 is 2.14 bits per heavy atom. The summed E-state index contributed by atoms with van der Waals surface area (Å²) in [6.07, 6.45) is 4.68. The van der Waals surface area contributed by atoms with Crippen molar-refractivity contribution in [2.75, 3.05) is 37.6 Å². The lowest BCUT2D eigenvalue weighted by Crippen LogP contribution is -2.37. The zero-order valence-electron chi connectivity index (χ0n) is 16.3. The van der Waals surface area contributed by atoms with E-state index in [0.717, 1.165) is 25.1 Å². The number of halogens is 2. The summed E-state index contributed by atoms with van der Waals surface area (Å²) in [5.41, 5.74) is 8.94. The molecule has 1 saturated heterocycles. The van der Waals surface area contributed by atoms with Crippen LogP contribution in [0.25, 0.3) is 0 Å². The van der Waals surface area contributed by atoms with Crippen molar-refractivity contribution in [1.29, 1.82) is 0 Å². The van der Waals surface area contributed by atoms with Crippen LogP contribution in [0.15, 0.2) is 54.6 Å². The number of piperidine rings is 1. The molecule has 6 heteroatoms. The quantitative estimate of drug-likeness (QED) is 0.726. The molecule has 3 rings (SSSR count). The van der Waals surface area contributed by atoms with E-state index in [0.29, 0.717) is 19.6 Å². The standard InChI is InChI=1S/C22H29N3O.2ClH/c23-14-18-25(17-13-19-7-3-1-4-8-19)22(26)20-9-11-21(12-10-20)24-15-5-2-6-16-24;;/h1,3-4,7-12H,2,5-6,13-18,23H2;2*1H. The molecule has 2 N–H and O–H groups in total. The van der Waals surface area contributed by atoms with Gasteiger partial charge < -0.3 is 15.5 Å². The number of nitrogens with zero attached hydrogens (tertiary/aromatic N) is 2. The number of carbonyl (C=O) groups is 1. The number of carbonyl (C=O) groups excluding carboxylic acids is 1. The number of anilines is 1. The van der Waals surface area contributed by atoms with Crippen molar-refractivity contribution >= 4 is 36.4 Å². The molecular weight excluding hydrogens is 393 g/mol. The summed E-state index contributed by atoms with van der Waals surface area (Å²) in [5, 5.41) is 0. The van der Waals surface area contributed by atoms with Crippen LogP contribution in [-0.4, -0.2) is 43.5 Å². The van der Waals surface area contributed by atoms with E-state index in [2.05, 4.69) is 29.2 Å². The highest BCUT2D eigenvalue weighted by atomic mass is 35.5. The highest BCUT2D eigenvalue weighted by Crippen LogP contribution is 2.20. The predicted octanol–water partition coefficient (Wildman–Crippen LogP) is 4.16. The molecule has 1 amide bonds. The minimum Gasteiger partial charge on any atom is -0.372 e. The molecule has 0 unspecified atom stereocenters. The molecule has 28 heavy (non-hydrogen) atoms. The molecule has 2 aromatic carbocycles. The van der Waals surface area contributed by atoms with Gasteiger partial charge in [-0.25, -0.2) is 0 Å². The van der Waals surface area contributed by atoms with Crippen LogP contribution in [-0.2, 0) is 6.42 Å². The number of hydrogen-bond donors (Lipinski definition) is 1. The first-order valence-electron chi connectivity index (χ1n) is 9.66. The topological polar surface area (TPSA) is 49.6 Å². The summed E-state index contributed by atoms with van der Waals surface area (Å²) in [6, 6.07) is 18.3. The molecule has 1 aliphatic rings. The molecular formula is C22H31Cl2N3O.